The summed E-state index contributed by atoms with van der Waals surface area (Å²) in [5.74, 6) is 1.21. The zero-order valence-electron chi connectivity index (χ0n) is 17.0. The van der Waals surface area contributed by atoms with Gasteiger partial charge in [0.2, 0.25) is 5.91 Å². The maximum Gasteiger partial charge on any atom is 0.270 e. The van der Waals surface area contributed by atoms with Crippen molar-refractivity contribution in [1.29, 1.82) is 0 Å². The van der Waals surface area contributed by atoms with Crippen LogP contribution in [0.1, 0.15) is 43.4 Å². The molecule has 2 aromatic rings. The third kappa shape index (κ3) is 6.60. The van der Waals surface area contributed by atoms with E-state index >= 15 is 0 Å². The summed E-state index contributed by atoms with van der Waals surface area (Å²) in [6.07, 6.45) is 1.31. The van der Waals surface area contributed by atoms with Crippen LogP contribution in [-0.2, 0) is 4.79 Å². The molecule has 0 saturated heterocycles. The Kier molecular flexibility index (Phi) is 7.70. The van der Waals surface area contributed by atoms with Gasteiger partial charge in [0.05, 0.1) is 11.1 Å². The number of nitrogens with one attached hydrogen (secondary N) is 1. The second-order valence-corrected chi connectivity index (χ2v) is 6.80. The summed E-state index contributed by atoms with van der Waals surface area (Å²) in [6.45, 7) is 8.07. The zero-order chi connectivity index (χ0) is 21.4. The van der Waals surface area contributed by atoms with Gasteiger partial charge < -0.3 is 9.47 Å². The molecular formula is C21H25N3O5. The first-order valence-corrected chi connectivity index (χ1v) is 9.22. The summed E-state index contributed by atoms with van der Waals surface area (Å²) in [5, 5.41) is 14.8. The molecule has 2 aromatic carbocycles. The number of nitro benzene ring substituents is 1. The highest BCUT2D eigenvalue weighted by molar-refractivity contribution is 5.85. The molecule has 8 nitrogen and oxygen atoms in total. The SMILES string of the molecule is CC(=O)N/N=C\c1cc([N+](=O)[O-])ccc1OCCOc1cc(C)ccc1C(C)C. The molecule has 0 aromatic heterocycles. The molecule has 0 fully saturated rings. The van der Waals surface area contributed by atoms with Gasteiger partial charge in [0.1, 0.15) is 24.7 Å². The molecule has 0 unspecified atom stereocenters. The molecule has 29 heavy (non-hydrogen) atoms. The average molecular weight is 399 g/mol. The van der Waals surface area contributed by atoms with Crippen LogP contribution in [-0.4, -0.2) is 30.3 Å². The van der Waals surface area contributed by atoms with Crippen LogP contribution in [0.4, 0.5) is 5.69 Å². The van der Waals surface area contributed by atoms with Crippen LogP contribution in [0, 0.1) is 17.0 Å². The first-order chi connectivity index (χ1) is 13.8. The summed E-state index contributed by atoms with van der Waals surface area (Å²) in [4.78, 5) is 21.5. The van der Waals surface area contributed by atoms with E-state index in [-0.39, 0.29) is 18.2 Å². The van der Waals surface area contributed by atoms with Gasteiger partial charge in [0.15, 0.2) is 0 Å². The number of nitro groups is 1. The van der Waals surface area contributed by atoms with Crippen molar-refractivity contribution in [3.05, 3.63) is 63.2 Å². The van der Waals surface area contributed by atoms with E-state index in [1.165, 1.54) is 31.3 Å². The smallest absolute Gasteiger partial charge is 0.270 e. The standard InChI is InChI=1S/C21H25N3O5/c1-14(2)19-7-5-15(3)11-21(19)29-10-9-28-20-8-6-18(24(26)27)12-17(20)13-22-23-16(4)25/h5-8,11-14H,9-10H2,1-4H3,(H,23,25)/b22-13-. The number of hydrazone groups is 1. The predicted molar refractivity (Wildman–Crippen MR) is 111 cm³/mol. The number of hydrogen-bond acceptors (Lipinski definition) is 6. The Morgan fingerprint density at radius 2 is 1.86 bits per heavy atom. The van der Waals surface area contributed by atoms with Crippen molar-refractivity contribution in [2.24, 2.45) is 5.10 Å². The van der Waals surface area contributed by atoms with Crippen molar-refractivity contribution in [1.82, 2.24) is 5.43 Å². The Balaban J connectivity index is 2.06. The van der Waals surface area contributed by atoms with Crippen LogP contribution in [0.5, 0.6) is 11.5 Å². The van der Waals surface area contributed by atoms with Gasteiger partial charge in [-0.15, -0.1) is 0 Å². The van der Waals surface area contributed by atoms with Crippen molar-refractivity contribution in [2.75, 3.05) is 13.2 Å². The highest BCUT2D eigenvalue weighted by atomic mass is 16.6. The van der Waals surface area contributed by atoms with E-state index in [0.29, 0.717) is 23.8 Å². The molecule has 0 aliphatic rings. The molecule has 8 heteroatoms. The van der Waals surface area contributed by atoms with Gasteiger partial charge in [0.25, 0.3) is 5.69 Å². The van der Waals surface area contributed by atoms with E-state index < -0.39 is 4.92 Å². The summed E-state index contributed by atoms with van der Waals surface area (Å²) in [7, 11) is 0. The summed E-state index contributed by atoms with van der Waals surface area (Å²) >= 11 is 0. The van der Waals surface area contributed by atoms with E-state index in [4.69, 9.17) is 9.47 Å². The topological polar surface area (TPSA) is 103 Å². The number of nitrogens with zero attached hydrogens (tertiary/aromatic N) is 2. The van der Waals surface area contributed by atoms with Crippen LogP contribution in [0.3, 0.4) is 0 Å². The maximum atomic E-state index is 11.0. The molecule has 0 radical (unpaired) electrons. The lowest BCUT2D eigenvalue weighted by molar-refractivity contribution is -0.384. The van der Waals surface area contributed by atoms with Crippen LogP contribution < -0.4 is 14.9 Å². The van der Waals surface area contributed by atoms with Gasteiger partial charge >= 0.3 is 0 Å². The fourth-order valence-corrected chi connectivity index (χ4v) is 2.62. The van der Waals surface area contributed by atoms with Crippen LogP contribution in [0.25, 0.3) is 0 Å². The summed E-state index contributed by atoms with van der Waals surface area (Å²) in [5.41, 5.74) is 4.77. The van der Waals surface area contributed by atoms with Gasteiger partial charge in [-0.25, -0.2) is 5.43 Å². The third-order valence-electron chi connectivity index (χ3n) is 4.02. The Morgan fingerprint density at radius 3 is 2.48 bits per heavy atom. The minimum atomic E-state index is -0.506. The van der Waals surface area contributed by atoms with Crippen molar-refractivity contribution in [3.8, 4) is 11.5 Å². The normalized spacial score (nSPS) is 10.9. The van der Waals surface area contributed by atoms with Crippen molar-refractivity contribution in [3.63, 3.8) is 0 Å². The number of rotatable bonds is 9. The number of hydrogen-bond donors (Lipinski definition) is 1. The largest absolute Gasteiger partial charge is 0.490 e. The summed E-state index contributed by atoms with van der Waals surface area (Å²) in [6, 6.07) is 10.3. The van der Waals surface area contributed by atoms with E-state index in [2.05, 4.69) is 36.5 Å². The number of ether oxygens (including phenoxy) is 2. The van der Waals surface area contributed by atoms with Gasteiger partial charge in [-0.05, 0) is 36.1 Å². The molecular weight excluding hydrogens is 374 g/mol. The molecule has 0 spiro atoms. The van der Waals surface area contributed by atoms with E-state index in [0.717, 1.165) is 16.9 Å². The summed E-state index contributed by atoms with van der Waals surface area (Å²) < 4.78 is 11.6. The average Bonchev–Trinajstić information content (AvgIpc) is 2.65. The molecule has 0 saturated carbocycles. The second-order valence-electron chi connectivity index (χ2n) is 6.80. The minimum Gasteiger partial charge on any atom is -0.490 e. The molecule has 2 rings (SSSR count). The fourth-order valence-electron chi connectivity index (χ4n) is 2.62. The first kappa shape index (κ1) is 21.9. The van der Waals surface area contributed by atoms with Crippen LogP contribution in [0.2, 0.25) is 0 Å². The van der Waals surface area contributed by atoms with Gasteiger partial charge in [0, 0.05) is 24.6 Å². The minimum absolute atomic E-state index is 0.0980. The number of aryl methyl sites for hydroxylation is 1. The van der Waals surface area contributed by atoms with Crippen LogP contribution >= 0.6 is 0 Å². The lowest BCUT2D eigenvalue weighted by atomic mass is 10.0. The zero-order valence-corrected chi connectivity index (χ0v) is 17.0. The number of carbonyl (C=O) groups excluding carboxylic acids is 1. The predicted octanol–water partition coefficient (Wildman–Crippen LogP) is 3.95. The fraction of sp³-hybridized carbons (Fsp3) is 0.333. The number of amides is 1. The molecule has 154 valence electrons. The Labute approximate surface area is 169 Å². The highest BCUT2D eigenvalue weighted by Crippen LogP contribution is 2.27. The molecule has 0 atom stereocenters. The number of non-ortho nitro benzene ring substituents is 1. The maximum absolute atomic E-state index is 11.0. The van der Waals surface area contributed by atoms with Crippen molar-refractivity contribution >= 4 is 17.8 Å². The molecule has 0 heterocycles. The molecule has 1 N–H and O–H groups in total. The van der Waals surface area contributed by atoms with Crippen molar-refractivity contribution < 1.29 is 19.2 Å². The molecule has 0 bridgehead atoms. The van der Waals surface area contributed by atoms with Gasteiger partial charge in [-0.1, -0.05) is 26.0 Å². The lowest BCUT2D eigenvalue weighted by Gasteiger charge is -2.15. The first-order valence-electron chi connectivity index (χ1n) is 9.22. The van der Waals surface area contributed by atoms with Crippen molar-refractivity contribution in [2.45, 2.75) is 33.6 Å². The third-order valence-corrected chi connectivity index (χ3v) is 4.02. The molecule has 1 amide bonds. The molecule has 0 aliphatic heterocycles. The quantitative estimate of drug-likeness (QED) is 0.298. The Hall–Kier alpha value is -3.42. The number of benzene rings is 2. The van der Waals surface area contributed by atoms with E-state index in [1.54, 1.807) is 0 Å². The highest BCUT2D eigenvalue weighted by Gasteiger charge is 2.12. The van der Waals surface area contributed by atoms with Gasteiger partial charge in [-0.3, -0.25) is 14.9 Å². The molecule has 0 aliphatic carbocycles. The monoisotopic (exact) mass is 399 g/mol. The lowest BCUT2D eigenvalue weighted by Crippen LogP contribution is -2.13. The van der Waals surface area contributed by atoms with Crippen LogP contribution in [0.15, 0.2) is 41.5 Å². The van der Waals surface area contributed by atoms with E-state index in [9.17, 15) is 14.9 Å². The second kappa shape index (κ2) is 10.2. The number of carbonyl (C=O) groups is 1. The Morgan fingerprint density at radius 1 is 1.17 bits per heavy atom. The van der Waals surface area contributed by atoms with E-state index in [1.807, 2.05) is 13.0 Å². The van der Waals surface area contributed by atoms with Gasteiger partial charge in [-0.2, -0.15) is 5.10 Å². The Bertz CT molecular complexity index is 909.